The van der Waals surface area contributed by atoms with Crippen LogP contribution in [0.2, 0.25) is 5.02 Å². The van der Waals surface area contributed by atoms with Crippen LogP contribution < -0.4 is 4.74 Å². The molecule has 0 aliphatic carbocycles. The van der Waals surface area contributed by atoms with Crippen LogP contribution in [-0.4, -0.2) is 17.0 Å². The minimum Gasteiger partial charge on any atom is -0.467 e. The molecule has 4 rings (SSSR count). The summed E-state index contributed by atoms with van der Waals surface area (Å²) in [6.07, 6.45) is 0. The van der Waals surface area contributed by atoms with Gasteiger partial charge in [-0.1, -0.05) is 29.4 Å². The number of halogens is 1. The Balaban J connectivity index is 1.52. The molecule has 0 atom stereocenters. The molecule has 5 nitrogen and oxygen atoms in total. The minimum atomic E-state index is 0.254. The Bertz CT molecular complexity index is 958. The van der Waals surface area contributed by atoms with E-state index in [9.17, 15) is 0 Å². The van der Waals surface area contributed by atoms with Gasteiger partial charge in [0.05, 0.1) is 6.61 Å². The van der Waals surface area contributed by atoms with E-state index in [2.05, 4.69) is 36.2 Å². The number of benzene rings is 2. The van der Waals surface area contributed by atoms with Gasteiger partial charge in [0.1, 0.15) is 5.75 Å². The number of ether oxygens (including phenoxy) is 2. The number of rotatable bonds is 4. The van der Waals surface area contributed by atoms with Crippen LogP contribution in [0, 0.1) is 13.8 Å². The van der Waals surface area contributed by atoms with E-state index in [0.29, 0.717) is 28.5 Å². The number of hydrogen-bond donors (Lipinski definition) is 0. The number of aryl methyl sites for hydroxylation is 2. The third-order valence-corrected chi connectivity index (χ3v) is 5.35. The number of aromatic nitrogens is 2. The molecule has 0 N–H and O–H groups in total. The van der Waals surface area contributed by atoms with Gasteiger partial charge in [-0.15, -0.1) is 10.2 Å². The number of thioether (sulfide) groups is 1. The minimum absolute atomic E-state index is 0.254. The van der Waals surface area contributed by atoms with Crippen LogP contribution in [0.5, 0.6) is 5.75 Å². The second-order valence-electron chi connectivity index (χ2n) is 6.12. The van der Waals surface area contributed by atoms with E-state index < -0.39 is 0 Å². The largest absolute Gasteiger partial charge is 0.467 e. The van der Waals surface area contributed by atoms with Gasteiger partial charge in [0.25, 0.3) is 5.22 Å². The molecule has 1 aromatic heterocycles. The Labute approximate surface area is 160 Å². The molecule has 1 aliphatic rings. The van der Waals surface area contributed by atoms with Crippen LogP contribution >= 0.6 is 23.4 Å². The topological polar surface area (TPSA) is 57.4 Å². The lowest BCUT2D eigenvalue weighted by Crippen LogP contribution is -2.12. The standard InChI is InChI=1S/C19H17ClN2O3S/c1-11-3-4-13(5-12(11)2)18-21-22-19(25-18)26-9-15-7-16(20)6-14-8-23-10-24-17(14)15/h3-7H,8-10H2,1-2H3. The fourth-order valence-electron chi connectivity index (χ4n) is 2.76. The fraction of sp³-hybridized carbons (Fsp3) is 0.263. The van der Waals surface area contributed by atoms with E-state index in [4.69, 9.17) is 25.5 Å². The van der Waals surface area contributed by atoms with Crippen molar-refractivity contribution in [3.8, 4) is 17.2 Å². The van der Waals surface area contributed by atoms with Gasteiger partial charge in [-0.2, -0.15) is 0 Å². The van der Waals surface area contributed by atoms with E-state index in [-0.39, 0.29) is 6.79 Å². The van der Waals surface area contributed by atoms with Crippen LogP contribution in [-0.2, 0) is 17.1 Å². The summed E-state index contributed by atoms with van der Waals surface area (Å²) in [5.74, 6) is 1.98. The molecular formula is C19H17ClN2O3S. The normalized spacial score (nSPS) is 13.3. The van der Waals surface area contributed by atoms with Crippen molar-refractivity contribution in [3.63, 3.8) is 0 Å². The lowest BCUT2D eigenvalue weighted by Gasteiger charge is -2.20. The van der Waals surface area contributed by atoms with Gasteiger partial charge in [-0.05, 0) is 49.2 Å². The van der Waals surface area contributed by atoms with Gasteiger partial charge in [-0.3, -0.25) is 0 Å². The van der Waals surface area contributed by atoms with Gasteiger partial charge in [-0.25, -0.2) is 0 Å². The van der Waals surface area contributed by atoms with Gasteiger partial charge >= 0.3 is 0 Å². The zero-order chi connectivity index (χ0) is 18.1. The Morgan fingerprint density at radius 1 is 1.12 bits per heavy atom. The highest BCUT2D eigenvalue weighted by molar-refractivity contribution is 7.98. The van der Waals surface area contributed by atoms with Crippen LogP contribution in [0.1, 0.15) is 22.3 Å². The molecule has 134 valence electrons. The van der Waals surface area contributed by atoms with Crippen molar-refractivity contribution in [1.29, 1.82) is 0 Å². The molecule has 0 unspecified atom stereocenters. The molecule has 7 heteroatoms. The molecule has 0 saturated carbocycles. The van der Waals surface area contributed by atoms with Crippen LogP contribution in [0.3, 0.4) is 0 Å². The highest BCUT2D eigenvalue weighted by atomic mass is 35.5. The van der Waals surface area contributed by atoms with E-state index in [0.717, 1.165) is 22.4 Å². The van der Waals surface area contributed by atoms with Crippen molar-refractivity contribution < 1.29 is 13.9 Å². The SMILES string of the molecule is Cc1ccc(-c2nnc(SCc3cc(Cl)cc4c3OCOC4)o2)cc1C. The Kier molecular flexibility index (Phi) is 4.89. The summed E-state index contributed by atoms with van der Waals surface area (Å²) in [5.41, 5.74) is 5.30. The Morgan fingerprint density at radius 3 is 2.85 bits per heavy atom. The molecule has 2 aromatic carbocycles. The maximum Gasteiger partial charge on any atom is 0.277 e. The van der Waals surface area contributed by atoms with E-state index in [1.807, 2.05) is 18.2 Å². The first-order valence-electron chi connectivity index (χ1n) is 8.16. The highest BCUT2D eigenvalue weighted by Crippen LogP contribution is 2.35. The zero-order valence-corrected chi connectivity index (χ0v) is 16.0. The maximum absolute atomic E-state index is 6.20. The van der Waals surface area contributed by atoms with E-state index in [1.54, 1.807) is 0 Å². The zero-order valence-electron chi connectivity index (χ0n) is 14.4. The Hall–Kier alpha value is -2.02. The second-order valence-corrected chi connectivity index (χ2v) is 7.49. The third kappa shape index (κ3) is 3.58. The van der Waals surface area contributed by atoms with Crippen LogP contribution in [0.4, 0.5) is 0 Å². The maximum atomic E-state index is 6.20. The molecule has 1 aliphatic heterocycles. The summed E-state index contributed by atoms with van der Waals surface area (Å²) < 4.78 is 16.7. The van der Waals surface area contributed by atoms with E-state index in [1.165, 1.54) is 22.9 Å². The lowest BCUT2D eigenvalue weighted by molar-refractivity contribution is -0.0168. The summed E-state index contributed by atoms with van der Waals surface area (Å²) >= 11 is 7.66. The highest BCUT2D eigenvalue weighted by Gasteiger charge is 2.18. The van der Waals surface area contributed by atoms with Crippen molar-refractivity contribution >= 4 is 23.4 Å². The molecule has 0 amide bonds. The molecule has 0 fully saturated rings. The summed E-state index contributed by atoms with van der Waals surface area (Å²) in [6, 6.07) is 9.87. The Morgan fingerprint density at radius 2 is 2.00 bits per heavy atom. The summed E-state index contributed by atoms with van der Waals surface area (Å²) in [5, 5.41) is 9.48. The first-order chi connectivity index (χ1) is 12.6. The van der Waals surface area contributed by atoms with Crippen molar-refractivity contribution in [2.24, 2.45) is 0 Å². The quantitative estimate of drug-likeness (QED) is 0.575. The first-order valence-corrected chi connectivity index (χ1v) is 9.52. The van der Waals surface area contributed by atoms with Gasteiger partial charge in [0.15, 0.2) is 6.79 Å². The van der Waals surface area contributed by atoms with Gasteiger partial charge in [0, 0.05) is 27.5 Å². The van der Waals surface area contributed by atoms with Gasteiger partial charge in [0.2, 0.25) is 5.89 Å². The van der Waals surface area contributed by atoms with Crippen molar-refractivity contribution in [1.82, 2.24) is 10.2 Å². The predicted octanol–water partition coefficient (Wildman–Crippen LogP) is 5.17. The molecule has 0 bridgehead atoms. The smallest absolute Gasteiger partial charge is 0.277 e. The molecule has 0 saturated heterocycles. The molecule has 3 aromatic rings. The molecular weight excluding hydrogens is 372 g/mol. The van der Waals surface area contributed by atoms with Gasteiger partial charge < -0.3 is 13.9 Å². The molecule has 0 radical (unpaired) electrons. The van der Waals surface area contributed by atoms with Crippen molar-refractivity contribution in [3.05, 3.63) is 57.6 Å². The molecule has 2 heterocycles. The average Bonchev–Trinajstić information content (AvgIpc) is 3.11. The van der Waals surface area contributed by atoms with E-state index >= 15 is 0 Å². The van der Waals surface area contributed by atoms with Crippen LogP contribution in [0.25, 0.3) is 11.5 Å². The summed E-state index contributed by atoms with van der Waals surface area (Å²) in [4.78, 5) is 0. The lowest BCUT2D eigenvalue weighted by atomic mass is 10.1. The second kappa shape index (κ2) is 7.31. The molecule has 26 heavy (non-hydrogen) atoms. The third-order valence-electron chi connectivity index (χ3n) is 4.26. The van der Waals surface area contributed by atoms with Crippen molar-refractivity contribution in [2.75, 3.05) is 6.79 Å². The number of fused-ring (bicyclic) bond motifs is 1. The first kappa shape index (κ1) is 17.4. The summed E-state index contributed by atoms with van der Waals surface area (Å²) in [6.45, 7) is 4.90. The summed E-state index contributed by atoms with van der Waals surface area (Å²) in [7, 11) is 0. The number of nitrogens with zero attached hydrogens (tertiary/aromatic N) is 2. The van der Waals surface area contributed by atoms with Crippen molar-refractivity contribution in [2.45, 2.75) is 31.4 Å². The number of hydrogen-bond acceptors (Lipinski definition) is 6. The monoisotopic (exact) mass is 388 g/mol. The van der Waals surface area contributed by atoms with Crippen LogP contribution in [0.15, 0.2) is 40.0 Å². The average molecular weight is 389 g/mol. The fourth-order valence-corrected chi connectivity index (χ4v) is 3.76. The molecule has 0 spiro atoms. The predicted molar refractivity (Wildman–Crippen MR) is 101 cm³/mol.